The van der Waals surface area contributed by atoms with E-state index >= 15 is 0 Å². The molecule has 1 saturated heterocycles. The fraction of sp³-hybridized carbons (Fsp3) is 0.600. The van der Waals surface area contributed by atoms with Crippen LogP contribution in [0.1, 0.15) is 65.0 Å². The van der Waals surface area contributed by atoms with Gasteiger partial charge in [-0.05, 0) is 34.9 Å². The number of likely N-dealkylation sites (tertiary alicyclic amines) is 1. The third kappa shape index (κ3) is 8.41. The van der Waals surface area contributed by atoms with Crippen molar-refractivity contribution in [2.45, 2.75) is 71.9 Å². The second-order valence-corrected chi connectivity index (χ2v) is 12.0. The summed E-state index contributed by atoms with van der Waals surface area (Å²) in [5.41, 5.74) is 3.10. The second-order valence-electron chi connectivity index (χ2n) is 12.0. The first-order valence-electron chi connectivity index (χ1n) is 13.0. The molecule has 4 nitrogen and oxygen atoms in total. The summed E-state index contributed by atoms with van der Waals surface area (Å²) in [5, 5.41) is 10.7. The predicted molar refractivity (Wildman–Crippen MR) is 140 cm³/mol. The summed E-state index contributed by atoms with van der Waals surface area (Å²) in [5.74, 6) is 0.865. The predicted octanol–water partition coefficient (Wildman–Crippen LogP) is 5.97. The van der Waals surface area contributed by atoms with Crippen LogP contribution in [0.4, 0.5) is 0 Å². The van der Waals surface area contributed by atoms with Gasteiger partial charge in [0, 0.05) is 18.4 Å². The standard InChI is InChI=1S/C30H46NO3/c1-29(2,3)24-30(4,5)26-13-15-28(16-14-26)34-20-19-33-23-27(32)22-31(17-9-10-18-31)21-25-11-7-6-8-12-25/h6-8,11-16,27,32H,9-10,17-24H2,1-5H3/q+1/t27-/m1/s1. The lowest BCUT2D eigenvalue weighted by Crippen LogP contribution is -2.50. The Kier molecular flexibility index (Phi) is 9.20. The number of aliphatic hydroxyl groups is 1. The van der Waals surface area contributed by atoms with Gasteiger partial charge in [0.05, 0.1) is 26.3 Å². The smallest absolute Gasteiger partial charge is 0.126 e. The third-order valence-corrected chi connectivity index (χ3v) is 6.89. The van der Waals surface area contributed by atoms with E-state index in [0.29, 0.717) is 25.2 Å². The average molecular weight is 469 g/mol. The topological polar surface area (TPSA) is 38.7 Å². The molecule has 1 fully saturated rings. The zero-order valence-corrected chi connectivity index (χ0v) is 22.1. The van der Waals surface area contributed by atoms with E-state index in [9.17, 15) is 5.11 Å². The molecule has 4 heteroatoms. The van der Waals surface area contributed by atoms with Crippen LogP contribution in [0.5, 0.6) is 5.75 Å². The average Bonchev–Trinajstić information content (AvgIpc) is 3.20. The van der Waals surface area contributed by atoms with Crippen molar-refractivity contribution in [3.05, 3.63) is 65.7 Å². The zero-order chi connectivity index (χ0) is 24.7. The Morgan fingerprint density at radius 3 is 2.15 bits per heavy atom. The molecular weight excluding hydrogens is 422 g/mol. The van der Waals surface area contributed by atoms with Crippen molar-refractivity contribution in [3.63, 3.8) is 0 Å². The molecule has 1 aliphatic heterocycles. The minimum atomic E-state index is -0.453. The largest absolute Gasteiger partial charge is 0.491 e. The van der Waals surface area contributed by atoms with Crippen LogP contribution in [-0.2, 0) is 16.7 Å². The maximum Gasteiger partial charge on any atom is 0.126 e. The number of ether oxygens (including phenoxy) is 2. The lowest BCUT2D eigenvalue weighted by molar-refractivity contribution is -0.932. The van der Waals surface area contributed by atoms with Gasteiger partial charge in [0.25, 0.3) is 0 Å². The number of nitrogens with zero attached hydrogens (tertiary/aromatic N) is 1. The summed E-state index contributed by atoms with van der Waals surface area (Å²) in [6.45, 7) is 16.8. The lowest BCUT2D eigenvalue weighted by atomic mass is 9.72. The molecule has 0 amide bonds. The Morgan fingerprint density at radius 2 is 1.53 bits per heavy atom. The molecule has 2 aromatic carbocycles. The van der Waals surface area contributed by atoms with Crippen LogP contribution < -0.4 is 4.74 Å². The van der Waals surface area contributed by atoms with E-state index in [1.54, 1.807) is 0 Å². The monoisotopic (exact) mass is 468 g/mol. The van der Waals surface area contributed by atoms with Crippen molar-refractivity contribution >= 4 is 0 Å². The fourth-order valence-electron chi connectivity index (χ4n) is 5.75. The van der Waals surface area contributed by atoms with Crippen LogP contribution in [-0.4, -0.2) is 55.1 Å². The van der Waals surface area contributed by atoms with Gasteiger partial charge >= 0.3 is 0 Å². The van der Waals surface area contributed by atoms with E-state index in [-0.39, 0.29) is 5.41 Å². The molecule has 1 atom stereocenters. The van der Waals surface area contributed by atoms with Gasteiger partial charge in [-0.3, -0.25) is 0 Å². The van der Waals surface area contributed by atoms with Crippen LogP contribution >= 0.6 is 0 Å². The highest BCUT2D eigenvalue weighted by molar-refractivity contribution is 5.31. The fourth-order valence-corrected chi connectivity index (χ4v) is 5.75. The van der Waals surface area contributed by atoms with Crippen molar-refractivity contribution in [2.24, 2.45) is 5.41 Å². The molecule has 3 rings (SSSR count). The molecule has 34 heavy (non-hydrogen) atoms. The molecule has 2 aromatic rings. The van der Waals surface area contributed by atoms with Gasteiger partial charge < -0.3 is 19.1 Å². The highest BCUT2D eigenvalue weighted by Gasteiger charge is 2.34. The van der Waals surface area contributed by atoms with E-state index in [2.05, 4.69) is 89.2 Å². The van der Waals surface area contributed by atoms with Crippen molar-refractivity contribution in [2.75, 3.05) is 39.5 Å². The number of hydrogen-bond acceptors (Lipinski definition) is 3. The highest BCUT2D eigenvalue weighted by atomic mass is 16.5. The molecule has 0 spiro atoms. The molecule has 1 heterocycles. The molecule has 0 unspecified atom stereocenters. The Labute approximate surface area is 207 Å². The molecule has 0 radical (unpaired) electrons. The minimum absolute atomic E-state index is 0.131. The summed E-state index contributed by atoms with van der Waals surface area (Å²) >= 11 is 0. The Hall–Kier alpha value is -1.88. The van der Waals surface area contributed by atoms with Crippen LogP contribution in [0, 0.1) is 5.41 Å². The van der Waals surface area contributed by atoms with E-state index in [1.807, 2.05) is 0 Å². The molecule has 188 valence electrons. The Balaban J connectivity index is 1.39. The number of rotatable bonds is 12. The van der Waals surface area contributed by atoms with Gasteiger partial charge in [0.2, 0.25) is 0 Å². The Morgan fingerprint density at radius 1 is 0.882 bits per heavy atom. The zero-order valence-electron chi connectivity index (χ0n) is 22.1. The summed E-state index contributed by atoms with van der Waals surface area (Å²) in [7, 11) is 0. The van der Waals surface area contributed by atoms with Crippen LogP contribution in [0.25, 0.3) is 0 Å². The van der Waals surface area contributed by atoms with Crippen LogP contribution in [0.15, 0.2) is 54.6 Å². The molecular formula is C30H46NO3+. The molecule has 1 aliphatic rings. The van der Waals surface area contributed by atoms with Gasteiger partial charge in [0.1, 0.15) is 31.5 Å². The first-order valence-corrected chi connectivity index (χ1v) is 13.0. The van der Waals surface area contributed by atoms with Gasteiger partial charge in [-0.25, -0.2) is 0 Å². The summed E-state index contributed by atoms with van der Waals surface area (Å²) in [6.07, 6.45) is 3.15. The van der Waals surface area contributed by atoms with E-state index in [1.165, 1.54) is 24.0 Å². The lowest BCUT2D eigenvalue weighted by Gasteiger charge is -2.36. The van der Waals surface area contributed by atoms with Crippen molar-refractivity contribution in [1.29, 1.82) is 0 Å². The maximum absolute atomic E-state index is 10.7. The first kappa shape index (κ1) is 26.7. The Bertz CT molecular complexity index is 849. The van der Waals surface area contributed by atoms with Crippen molar-refractivity contribution in [3.8, 4) is 5.75 Å². The van der Waals surface area contributed by atoms with Crippen LogP contribution in [0.2, 0.25) is 0 Å². The van der Waals surface area contributed by atoms with Crippen molar-refractivity contribution < 1.29 is 19.1 Å². The molecule has 0 saturated carbocycles. The number of hydrogen-bond donors (Lipinski definition) is 1. The second kappa shape index (κ2) is 11.7. The van der Waals surface area contributed by atoms with Crippen molar-refractivity contribution in [1.82, 2.24) is 0 Å². The number of benzene rings is 2. The molecule has 1 N–H and O–H groups in total. The first-order chi connectivity index (χ1) is 16.1. The van der Waals surface area contributed by atoms with Gasteiger partial charge in [-0.1, -0.05) is 77.1 Å². The molecule has 0 aliphatic carbocycles. The summed E-state index contributed by atoms with van der Waals surface area (Å²) < 4.78 is 12.6. The minimum Gasteiger partial charge on any atom is -0.491 e. The van der Waals surface area contributed by atoms with E-state index in [4.69, 9.17) is 9.47 Å². The van der Waals surface area contributed by atoms with Gasteiger partial charge in [-0.15, -0.1) is 0 Å². The number of aliphatic hydroxyl groups excluding tert-OH is 1. The van der Waals surface area contributed by atoms with E-state index < -0.39 is 6.10 Å². The quantitative estimate of drug-likeness (QED) is 0.308. The normalized spacial score (nSPS) is 17.0. The van der Waals surface area contributed by atoms with E-state index in [0.717, 1.165) is 42.8 Å². The molecule has 0 bridgehead atoms. The highest BCUT2D eigenvalue weighted by Crippen LogP contribution is 2.36. The van der Waals surface area contributed by atoms with Gasteiger partial charge in [-0.2, -0.15) is 0 Å². The SMILES string of the molecule is CC(C)(C)CC(C)(C)c1ccc(OCCOC[C@H](O)C[N+]2(Cc3ccccc3)CCCC2)cc1. The third-order valence-electron chi connectivity index (χ3n) is 6.89. The summed E-state index contributed by atoms with van der Waals surface area (Å²) in [4.78, 5) is 0. The van der Waals surface area contributed by atoms with Gasteiger partial charge in [0.15, 0.2) is 0 Å². The molecule has 0 aromatic heterocycles. The summed E-state index contributed by atoms with van der Waals surface area (Å²) in [6, 6.07) is 19.1. The maximum atomic E-state index is 10.7. The van der Waals surface area contributed by atoms with Crippen LogP contribution in [0.3, 0.4) is 0 Å². The number of quaternary nitrogens is 1.